The topological polar surface area (TPSA) is 41.1 Å². The molecule has 2 aromatic heterocycles. The second-order valence-electron chi connectivity index (χ2n) is 6.07. The van der Waals surface area contributed by atoms with Gasteiger partial charge in [0.15, 0.2) is 0 Å². The molecule has 3 rings (SSSR count). The maximum Gasteiger partial charge on any atom is 0.226 e. The zero-order chi connectivity index (χ0) is 14.8. The molecule has 2 aromatic rings. The molecule has 1 fully saturated rings. The highest BCUT2D eigenvalue weighted by Gasteiger charge is 2.21. The molecule has 0 radical (unpaired) electrons. The molecule has 0 bridgehead atoms. The number of fused-ring (bicyclic) bond motifs is 1. The second-order valence-corrected chi connectivity index (χ2v) is 7.30. The summed E-state index contributed by atoms with van der Waals surface area (Å²) in [5.41, 5.74) is 0. The summed E-state index contributed by atoms with van der Waals surface area (Å²) in [6, 6.07) is 2.23. The maximum atomic E-state index is 4.82. The lowest BCUT2D eigenvalue weighted by molar-refractivity contribution is 0.445. The molecule has 0 amide bonds. The zero-order valence-corrected chi connectivity index (χ0v) is 14.0. The third-order valence-electron chi connectivity index (χ3n) is 3.99. The van der Waals surface area contributed by atoms with Gasteiger partial charge >= 0.3 is 0 Å². The number of rotatable bonds is 4. The molecule has 0 spiro atoms. The Morgan fingerprint density at radius 3 is 3.05 bits per heavy atom. The quantitative estimate of drug-likeness (QED) is 0.925. The van der Waals surface area contributed by atoms with Crippen molar-refractivity contribution >= 4 is 33.3 Å². The van der Waals surface area contributed by atoms with Crippen LogP contribution in [0.5, 0.6) is 0 Å². The number of piperidine rings is 1. The Bertz CT molecular complexity index is 622. The van der Waals surface area contributed by atoms with Crippen molar-refractivity contribution in [1.29, 1.82) is 0 Å². The molecule has 1 unspecified atom stereocenters. The van der Waals surface area contributed by atoms with Crippen molar-refractivity contribution in [3.05, 3.63) is 10.9 Å². The van der Waals surface area contributed by atoms with Gasteiger partial charge in [0.05, 0.1) is 5.39 Å². The van der Waals surface area contributed by atoms with E-state index in [1.165, 1.54) is 23.1 Å². The lowest BCUT2D eigenvalue weighted by Crippen LogP contribution is -2.35. The van der Waals surface area contributed by atoms with E-state index in [0.29, 0.717) is 0 Å². The molecule has 5 heteroatoms. The van der Waals surface area contributed by atoms with Gasteiger partial charge in [-0.05, 0) is 38.2 Å². The van der Waals surface area contributed by atoms with Crippen molar-refractivity contribution in [2.24, 2.45) is 5.92 Å². The highest BCUT2D eigenvalue weighted by atomic mass is 32.1. The molecule has 114 valence electrons. The summed E-state index contributed by atoms with van der Waals surface area (Å²) in [7, 11) is 0. The average molecular weight is 304 g/mol. The third-order valence-corrected chi connectivity index (χ3v) is 4.93. The Morgan fingerprint density at radius 1 is 1.43 bits per heavy atom. The first kappa shape index (κ1) is 14.6. The molecule has 1 aliphatic rings. The SMILES string of the molecule is CCCNc1nc(N2CCCC(C)C2)c2cc(C)sc2n1. The van der Waals surface area contributed by atoms with Crippen molar-refractivity contribution in [2.45, 2.75) is 40.0 Å². The predicted molar refractivity (Wildman–Crippen MR) is 91.5 cm³/mol. The van der Waals surface area contributed by atoms with Gasteiger partial charge in [-0.3, -0.25) is 0 Å². The zero-order valence-electron chi connectivity index (χ0n) is 13.1. The fourth-order valence-corrected chi connectivity index (χ4v) is 3.84. The Hall–Kier alpha value is -1.36. The van der Waals surface area contributed by atoms with E-state index in [0.717, 1.165) is 48.6 Å². The molecule has 1 saturated heterocycles. The van der Waals surface area contributed by atoms with Gasteiger partial charge in [0.25, 0.3) is 0 Å². The minimum absolute atomic E-state index is 0.746. The highest BCUT2D eigenvalue weighted by molar-refractivity contribution is 7.18. The standard InChI is InChI=1S/C16H24N4S/c1-4-7-17-16-18-14(20-8-5-6-11(2)10-20)13-9-12(3)21-15(13)19-16/h9,11H,4-8,10H2,1-3H3,(H,17,18,19). The summed E-state index contributed by atoms with van der Waals surface area (Å²) in [6.45, 7) is 9.78. The number of anilines is 2. The number of hydrogen-bond acceptors (Lipinski definition) is 5. The van der Waals surface area contributed by atoms with E-state index < -0.39 is 0 Å². The van der Waals surface area contributed by atoms with E-state index in [1.807, 2.05) is 0 Å². The van der Waals surface area contributed by atoms with E-state index in [2.05, 4.69) is 42.0 Å². The van der Waals surface area contributed by atoms with Crippen LogP contribution in [0.2, 0.25) is 0 Å². The Labute approximate surface area is 130 Å². The lowest BCUT2D eigenvalue weighted by Gasteiger charge is -2.32. The first-order valence-corrected chi connectivity index (χ1v) is 8.76. The van der Waals surface area contributed by atoms with E-state index >= 15 is 0 Å². The van der Waals surface area contributed by atoms with Crippen molar-refractivity contribution < 1.29 is 0 Å². The van der Waals surface area contributed by atoms with Gasteiger partial charge in [0.2, 0.25) is 5.95 Å². The average Bonchev–Trinajstić information content (AvgIpc) is 2.84. The van der Waals surface area contributed by atoms with Crippen molar-refractivity contribution in [3.63, 3.8) is 0 Å². The van der Waals surface area contributed by atoms with Crippen LogP contribution < -0.4 is 10.2 Å². The van der Waals surface area contributed by atoms with Gasteiger partial charge in [-0.15, -0.1) is 11.3 Å². The summed E-state index contributed by atoms with van der Waals surface area (Å²) >= 11 is 1.76. The number of aryl methyl sites for hydroxylation is 1. The van der Waals surface area contributed by atoms with Crippen LogP contribution in [-0.4, -0.2) is 29.6 Å². The predicted octanol–water partition coefficient (Wildman–Crippen LogP) is 4.06. The lowest BCUT2D eigenvalue weighted by atomic mass is 10.0. The minimum Gasteiger partial charge on any atom is -0.356 e. The van der Waals surface area contributed by atoms with Crippen molar-refractivity contribution in [1.82, 2.24) is 9.97 Å². The molecule has 1 N–H and O–H groups in total. The van der Waals surface area contributed by atoms with E-state index in [-0.39, 0.29) is 0 Å². The van der Waals surface area contributed by atoms with E-state index in [4.69, 9.17) is 4.98 Å². The Kier molecular flexibility index (Phi) is 4.29. The first-order chi connectivity index (χ1) is 10.2. The molecule has 0 aliphatic carbocycles. The van der Waals surface area contributed by atoms with Crippen molar-refractivity contribution in [2.75, 3.05) is 29.9 Å². The normalized spacial score (nSPS) is 19.2. The van der Waals surface area contributed by atoms with Crippen LogP contribution in [0.15, 0.2) is 6.07 Å². The Morgan fingerprint density at radius 2 is 2.29 bits per heavy atom. The van der Waals surface area contributed by atoms with Gasteiger partial charge in [-0.1, -0.05) is 13.8 Å². The molecule has 4 nitrogen and oxygen atoms in total. The summed E-state index contributed by atoms with van der Waals surface area (Å²) in [6.07, 6.45) is 3.67. The van der Waals surface area contributed by atoms with E-state index in [1.54, 1.807) is 11.3 Å². The summed E-state index contributed by atoms with van der Waals surface area (Å²) in [5.74, 6) is 2.64. The number of nitrogens with zero attached hydrogens (tertiary/aromatic N) is 3. The Balaban J connectivity index is 2.01. The van der Waals surface area contributed by atoms with Crippen LogP contribution in [0.4, 0.5) is 11.8 Å². The fourth-order valence-electron chi connectivity index (χ4n) is 2.97. The number of nitrogens with one attached hydrogen (secondary N) is 1. The van der Waals surface area contributed by atoms with Crippen LogP contribution in [0.1, 0.15) is 38.0 Å². The molecule has 1 aliphatic heterocycles. The number of aromatic nitrogens is 2. The van der Waals surface area contributed by atoms with Crippen molar-refractivity contribution in [3.8, 4) is 0 Å². The largest absolute Gasteiger partial charge is 0.356 e. The number of thiophene rings is 1. The smallest absolute Gasteiger partial charge is 0.226 e. The molecular weight excluding hydrogens is 280 g/mol. The van der Waals surface area contributed by atoms with Gasteiger partial charge in [0.1, 0.15) is 10.6 Å². The highest BCUT2D eigenvalue weighted by Crippen LogP contribution is 2.33. The molecule has 21 heavy (non-hydrogen) atoms. The van der Waals surface area contributed by atoms with Crippen LogP contribution >= 0.6 is 11.3 Å². The minimum atomic E-state index is 0.746. The number of hydrogen-bond donors (Lipinski definition) is 1. The van der Waals surface area contributed by atoms with Crippen LogP contribution in [0.25, 0.3) is 10.2 Å². The summed E-state index contributed by atoms with van der Waals surface area (Å²) in [4.78, 5) is 14.4. The summed E-state index contributed by atoms with van der Waals surface area (Å²) in [5, 5.41) is 4.56. The monoisotopic (exact) mass is 304 g/mol. The second kappa shape index (κ2) is 6.18. The van der Waals surface area contributed by atoms with Crippen LogP contribution in [-0.2, 0) is 0 Å². The molecular formula is C16H24N4S. The van der Waals surface area contributed by atoms with Gasteiger partial charge in [-0.2, -0.15) is 4.98 Å². The third kappa shape index (κ3) is 3.12. The van der Waals surface area contributed by atoms with Gasteiger partial charge < -0.3 is 10.2 Å². The fraction of sp³-hybridized carbons (Fsp3) is 0.625. The van der Waals surface area contributed by atoms with Gasteiger partial charge in [-0.25, -0.2) is 4.98 Å². The van der Waals surface area contributed by atoms with Crippen LogP contribution in [0, 0.1) is 12.8 Å². The summed E-state index contributed by atoms with van der Waals surface area (Å²) < 4.78 is 0. The molecule has 0 aromatic carbocycles. The van der Waals surface area contributed by atoms with Gasteiger partial charge in [0, 0.05) is 24.5 Å². The molecule has 3 heterocycles. The maximum absolute atomic E-state index is 4.82. The van der Waals surface area contributed by atoms with E-state index in [9.17, 15) is 0 Å². The molecule has 1 atom stereocenters. The molecule has 0 saturated carbocycles. The van der Waals surface area contributed by atoms with Crippen LogP contribution in [0.3, 0.4) is 0 Å². The first-order valence-electron chi connectivity index (χ1n) is 7.94.